The summed E-state index contributed by atoms with van der Waals surface area (Å²) in [7, 11) is 0. The van der Waals surface area contributed by atoms with Crippen LogP contribution in [0.25, 0.3) is 0 Å². The van der Waals surface area contributed by atoms with E-state index in [1.807, 2.05) is 30.3 Å². The van der Waals surface area contributed by atoms with Crippen molar-refractivity contribution in [3.63, 3.8) is 0 Å². The van der Waals surface area contributed by atoms with Crippen molar-refractivity contribution >= 4 is 11.6 Å². The Balaban J connectivity index is 1.81. The molecule has 0 saturated heterocycles. The smallest absolute Gasteiger partial charge is 0.253 e. The third-order valence-electron chi connectivity index (χ3n) is 3.63. The molecule has 3 nitrogen and oxygen atoms in total. The van der Waals surface area contributed by atoms with Gasteiger partial charge in [-0.2, -0.15) is 0 Å². The van der Waals surface area contributed by atoms with E-state index in [4.69, 9.17) is 0 Å². The molecule has 1 aromatic rings. The first-order valence-corrected chi connectivity index (χ1v) is 6.79. The van der Waals surface area contributed by atoms with E-state index in [0.717, 1.165) is 18.5 Å². The van der Waals surface area contributed by atoms with Gasteiger partial charge in [-0.15, -0.1) is 0 Å². The van der Waals surface area contributed by atoms with Crippen LogP contribution < -0.4 is 5.32 Å². The van der Waals surface area contributed by atoms with Crippen LogP contribution in [0.5, 0.6) is 0 Å². The first-order chi connectivity index (χ1) is 8.75. The van der Waals surface area contributed by atoms with E-state index in [1.54, 1.807) is 0 Å². The topological polar surface area (TPSA) is 49.3 Å². The van der Waals surface area contributed by atoms with Gasteiger partial charge >= 0.3 is 0 Å². The fourth-order valence-electron chi connectivity index (χ4n) is 2.59. The van der Waals surface area contributed by atoms with Crippen LogP contribution in [0.4, 0.5) is 5.69 Å². The highest BCUT2D eigenvalue weighted by Gasteiger charge is 2.22. The summed E-state index contributed by atoms with van der Waals surface area (Å²) in [5, 5.41) is 12.7. The highest BCUT2D eigenvalue weighted by molar-refractivity contribution is 5.93. The zero-order valence-electron chi connectivity index (χ0n) is 10.6. The van der Waals surface area contributed by atoms with E-state index < -0.39 is 6.10 Å². The highest BCUT2D eigenvalue weighted by atomic mass is 16.3. The molecule has 0 radical (unpaired) electrons. The van der Waals surface area contributed by atoms with Crippen LogP contribution in [0.3, 0.4) is 0 Å². The van der Waals surface area contributed by atoms with Crippen LogP contribution in [0.15, 0.2) is 30.3 Å². The van der Waals surface area contributed by atoms with Gasteiger partial charge in [-0.05, 0) is 24.5 Å². The molecular weight excluding hydrogens is 226 g/mol. The van der Waals surface area contributed by atoms with Crippen LogP contribution >= 0.6 is 0 Å². The minimum Gasteiger partial charge on any atom is -0.383 e. The Bertz CT molecular complexity index is 371. The molecule has 2 rings (SSSR count). The number of hydrogen-bond acceptors (Lipinski definition) is 2. The molecule has 3 heteroatoms. The predicted octanol–water partition coefficient (Wildman–Crippen LogP) is 2.96. The molecule has 1 amide bonds. The van der Waals surface area contributed by atoms with Gasteiger partial charge in [-0.1, -0.05) is 50.3 Å². The Kier molecular flexibility index (Phi) is 4.76. The van der Waals surface area contributed by atoms with E-state index in [0.29, 0.717) is 12.3 Å². The SMILES string of the molecule is O=C(Nc1ccccc1)C(O)CC1CCCCC1. The minimum absolute atomic E-state index is 0.285. The second-order valence-electron chi connectivity index (χ2n) is 5.11. The number of para-hydroxylation sites is 1. The van der Waals surface area contributed by atoms with Gasteiger partial charge in [0, 0.05) is 5.69 Å². The third kappa shape index (κ3) is 3.84. The maximum atomic E-state index is 11.8. The van der Waals surface area contributed by atoms with Crippen LogP contribution in [-0.2, 0) is 4.79 Å². The molecule has 1 aliphatic carbocycles. The predicted molar refractivity (Wildman–Crippen MR) is 72.3 cm³/mol. The minimum atomic E-state index is -0.881. The van der Waals surface area contributed by atoms with Gasteiger partial charge in [0.15, 0.2) is 0 Å². The van der Waals surface area contributed by atoms with Crippen molar-refractivity contribution in [2.45, 2.75) is 44.6 Å². The second-order valence-corrected chi connectivity index (χ2v) is 5.11. The average Bonchev–Trinajstić information content (AvgIpc) is 2.41. The molecule has 1 atom stereocenters. The van der Waals surface area contributed by atoms with Gasteiger partial charge < -0.3 is 10.4 Å². The lowest BCUT2D eigenvalue weighted by Crippen LogP contribution is -2.30. The number of amides is 1. The average molecular weight is 247 g/mol. The van der Waals surface area contributed by atoms with Crippen molar-refractivity contribution in [1.82, 2.24) is 0 Å². The summed E-state index contributed by atoms with van der Waals surface area (Å²) < 4.78 is 0. The van der Waals surface area contributed by atoms with Crippen LogP contribution in [0.1, 0.15) is 38.5 Å². The Morgan fingerprint density at radius 1 is 1.22 bits per heavy atom. The molecule has 0 aliphatic heterocycles. The number of benzene rings is 1. The van der Waals surface area contributed by atoms with E-state index in [1.165, 1.54) is 19.3 Å². The molecule has 1 aromatic carbocycles. The maximum absolute atomic E-state index is 11.8. The van der Waals surface area contributed by atoms with Crippen molar-refractivity contribution < 1.29 is 9.90 Å². The van der Waals surface area contributed by atoms with Gasteiger partial charge in [0.2, 0.25) is 0 Å². The molecule has 1 saturated carbocycles. The van der Waals surface area contributed by atoms with Gasteiger partial charge in [0.25, 0.3) is 5.91 Å². The van der Waals surface area contributed by atoms with E-state index in [2.05, 4.69) is 5.32 Å². The van der Waals surface area contributed by atoms with E-state index in [9.17, 15) is 9.90 Å². The van der Waals surface area contributed by atoms with Gasteiger partial charge in [0.05, 0.1) is 0 Å². The number of rotatable bonds is 4. The molecule has 0 heterocycles. The number of aliphatic hydroxyl groups is 1. The Hall–Kier alpha value is -1.35. The maximum Gasteiger partial charge on any atom is 0.253 e. The lowest BCUT2D eigenvalue weighted by atomic mass is 9.85. The van der Waals surface area contributed by atoms with Crippen LogP contribution in [0, 0.1) is 5.92 Å². The Morgan fingerprint density at radius 3 is 2.56 bits per heavy atom. The largest absolute Gasteiger partial charge is 0.383 e. The van der Waals surface area contributed by atoms with E-state index >= 15 is 0 Å². The lowest BCUT2D eigenvalue weighted by Gasteiger charge is -2.23. The first-order valence-electron chi connectivity index (χ1n) is 6.79. The monoisotopic (exact) mass is 247 g/mol. The third-order valence-corrected chi connectivity index (χ3v) is 3.63. The second kappa shape index (κ2) is 6.55. The zero-order valence-corrected chi connectivity index (χ0v) is 10.6. The standard InChI is InChI=1S/C15H21NO2/c17-14(11-12-7-3-1-4-8-12)15(18)16-13-9-5-2-6-10-13/h2,5-6,9-10,12,14,17H,1,3-4,7-8,11H2,(H,16,18). The number of carbonyl (C=O) groups excluding carboxylic acids is 1. The van der Waals surface area contributed by atoms with E-state index in [-0.39, 0.29) is 5.91 Å². The summed E-state index contributed by atoms with van der Waals surface area (Å²) in [6.45, 7) is 0. The molecule has 0 spiro atoms. The number of hydrogen-bond donors (Lipinski definition) is 2. The number of anilines is 1. The quantitative estimate of drug-likeness (QED) is 0.859. The number of carbonyl (C=O) groups is 1. The summed E-state index contributed by atoms with van der Waals surface area (Å²) in [4.78, 5) is 11.8. The van der Waals surface area contributed by atoms with Crippen LogP contribution in [-0.4, -0.2) is 17.1 Å². The Labute approximate surface area is 108 Å². The molecule has 0 bridgehead atoms. The van der Waals surface area contributed by atoms with Gasteiger partial charge in [0.1, 0.15) is 6.10 Å². The molecular formula is C15H21NO2. The van der Waals surface area contributed by atoms with Crippen molar-refractivity contribution in [1.29, 1.82) is 0 Å². The highest BCUT2D eigenvalue weighted by Crippen LogP contribution is 2.27. The molecule has 2 N–H and O–H groups in total. The Morgan fingerprint density at radius 2 is 1.89 bits per heavy atom. The van der Waals surface area contributed by atoms with Gasteiger partial charge in [-0.3, -0.25) is 4.79 Å². The van der Waals surface area contributed by atoms with Crippen molar-refractivity contribution in [3.8, 4) is 0 Å². The first kappa shape index (κ1) is 13.1. The zero-order chi connectivity index (χ0) is 12.8. The van der Waals surface area contributed by atoms with Gasteiger partial charge in [-0.25, -0.2) is 0 Å². The molecule has 1 aliphatic rings. The molecule has 1 unspecified atom stereocenters. The fraction of sp³-hybridized carbons (Fsp3) is 0.533. The molecule has 18 heavy (non-hydrogen) atoms. The summed E-state index contributed by atoms with van der Waals surface area (Å²) >= 11 is 0. The molecule has 1 fully saturated rings. The lowest BCUT2D eigenvalue weighted by molar-refractivity contribution is -0.125. The van der Waals surface area contributed by atoms with Crippen molar-refractivity contribution in [2.75, 3.05) is 5.32 Å². The summed E-state index contributed by atoms with van der Waals surface area (Å²) in [6.07, 6.45) is 5.77. The van der Waals surface area contributed by atoms with Crippen LogP contribution in [0.2, 0.25) is 0 Å². The number of aliphatic hydroxyl groups excluding tert-OH is 1. The van der Waals surface area contributed by atoms with Crippen molar-refractivity contribution in [3.05, 3.63) is 30.3 Å². The molecule has 98 valence electrons. The number of nitrogens with one attached hydrogen (secondary N) is 1. The summed E-state index contributed by atoms with van der Waals surface area (Å²) in [5.74, 6) is 0.224. The fourth-order valence-corrected chi connectivity index (χ4v) is 2.59. The van der Waals surface area contributed by atoms with Crippen molar-refractivity contribution in [2.24, 2.45) is 5.92 Å². The summed E-state index contributed by atoms with van der Waals surface area (Å²) in [5.41, 5.74) is 0.741. The molecule has 0 aromatic heterocycles. The normalized spacial score (nSPS) is 18.3. The summed E-state index contributed by atoms with van der Waals surface area (Å²) in [6, 6.07) is 9.27.